The molecule has 142 valence electrons. The zero-order valence-electron chi connectivity index (χ0n) is 16.5. The first-order chi connectivity index (χ1) is 12.1. The fourth-order valence-electron chi connectivity index (χ4n) is 3.47. The maximum atomic E-state index is 10.5. The number of aliphatic hydroxyl groups is 2. The summed E-state index contributed by atoms with van der Waals surface area (Å²) in [5.74, 6) is 0. The Labute approximate surface area is 159 Å². The van der Waals surface area contributed by atoms with Gasteiger partial charge in [0.25, 0.3) is 0 Å². The molecule has 2 N–H and O–H groups in total. The van der Waals surface area contributed by atoms with Gasteiger partial charge in [0, 0.05) is 0 Å². The van der Waals surface area contributed by atoms with Gasteiger partial charge < -0.3 is 0 Å². The molecule has 0 aliphatic carbocycles. The molecule has 1 rings (SSSR count). The van der Waals surface area contributed by atoms with Crippen molar-refractivity contribution >= 4 is 18.4 Å². The Kier molecular flexibility index (Phi) is 11.8. The molecule has 0 amide bonds. The van der Waals surface area contributed by atoms with E-state index in [-0.39, 0.29) is 0 Å². The van der Waals surface area contributed by atoms with E-state index in [1.165, 1.54) is 51.8 Å². The first kappa shape index (κ1) is 22.7. The van der Waals surface area contributed by atoms with Crippen LogP contribution in [0, 0.1) is 0 Å². The first-order valence-corrected chi connectivity index (χ1v) is 17.9. The molecule has 25 heavy (non-hydrogen) atoms. The molecular weight excluding hydrogens is 415 g/mol. The molecule has 0 saturated carbocycles. The van der Waals surface area contributed by atoms with E-state index in [0.717, 1.165) is 5.56 Å². The van der Waals surface area contributed by atoms with Crippen LogP contribution >= 0.6 is 0 Å². The summed E-state index contributed by atoms with van der Waals surface area (Å²) in [6.45, 7) is 6.82. The van der Waals surface area contributed by atoms with Gasteiger partial charge in [-0.25, -0.2) is 0 Å². The van der Waals surface area contributed by atoms with Gasteiger partial charge in [0.2, 0.25) is 0 Å². The Hall–Kier alpha value is -0.321. The van der Waals surface area contributed by atoms with Crippen molar-refractivity contribution in [3.8, 4) is 0 Å². The van der Waals surface area contributed by atoms with E-state index < -0.39 is 30.6 Å². The Balaban J connectivity index is 2.89. The molecule has 3 heteroatoms. The molecule has 0 aliphatic heterocycles. The number of aliphatic hydroxyl groups excluding tert-OH is 2. The van der Waals surface area contributed by atoms with Crippen LogP contribution < -0.4 is 0 Å². The van der Waals surface area contributed by atoms with Gasteiger partial charge in [-0.3, -0.25) is 0 Å². The van der Waals surface area contributed by atoms with Crippen LogP contribution in [0.15, 0.2) is 40.5 Å². The molecule has 0 unspecified atom stereocenters. The number of rotatable bonds is 13. The van der Waals surface area contributed by atoms with Crippen LogP contribution in [0.1, 0.15) is 71.0 Å². The van der Waals surface area contributed by atoms with E-state index in [1.54, 1.807) is 0 Å². The normalized spacial score (nSPS) is 14.8. The molecule has 0 aliphatic rings. The van der Waals surface area contributed by atoms with Gasteiger partial charge in [-0.15, -0.1) is 0 Å². The van der Waals surface area contributed by atoms with E-state index >= 15 is 0 Å². The average Bonchev–Trinajstić information content (AvgIpc) is 2.66. The van der Waals surface area contributed by atoms with Crippen molar-refractivity contribution in [3.05, 3.63) is 46.1 Å². The topological polar surface area (TPSA) is 40.5 Å². The first-order valence-electron chi connectivity index (χ1n) is 10.2. The summed E-state index contributed by atoms with van der Waals surface area (Å²) in [5.41, 5.74) is 0.788. The van der Waals surface area contributed by atoms with Crippen LogP contribution in [-0.2, 0) is 0 Å². The van der Waals surface area contributed by atoms with Crippen molar-refractivity contribution < 1.29 is 10.2 Å². The average molecular weight is 453 g/mol. The summed E-state index contributed by atoms with van der Waals surface area (Å²) in [6, 6.07) is 9.50. The fraction of sp³-hybridized carbons (Fsp3) is 0.636. The van der Waals surface area contributed by atoms with E-state index in [4.69, 9.17) is 0 Å². The van der Waals surface area contributed by atoms with Gasteiger partial charge in [0.1, 0.15) is 0 Å². The minimum atomic E-state index is -2.38. The van der Waals surface area contributed by atoms with Gasteiger partial charge in [-0.05, 0) is 0 Å². The summed E-state index contributed by atoms with van der Waals surface area (Å²) in [4.78, 5) is 0. The van der Waals surface area contributed by atoms with Crippen molar-refractivity contribution in [1.82, 2.24) is 0 Å². The van der Waals surface area contributed by atoms with Crippen LogP contribution in [0.25, 0.3) is 0 Å². The molecule has 0 radical (unpaired) electrons. The second-order valence-electron chi connectivity index (χ2n) is 7.38. The number of hydrogen-bond donors (Lipinski definition) is 2. The summed E-state index contributed by atoms with van der Waals surface area (Å²) < 4.78 is 6.59. The third kappa shape index (κ3) is 8.27. The minimum absolute atomic E-state index is 0.788. The van der Waals surface area contributed by atoms with E-state index in [2.05, 4.69) is 24.9 Å². The standard InChI is InChI=1S/C10H11O2.3C4H9.Sn/c1-2-9(11)10(12)8-6-4-3-5-7-8;3*1-3-4-2;/h1-7,9-12H;3*1,3-4H2,2H3;/t9-,10-;;;;/m0..../s1. The molecule has 0 bridgehead atoms. The predicted molar refractivity (Wildman–Crippen MR) is 111 cm³/mol. The Morgan fingerprint density at radius 1 is 0.840 bits per heavy atom. The van der Waals surface area contributed by atoms with Crippen LogP contribution in [0.3, 0.4) is 0 Å². The van der Waals surface area contributed by atoms with Crippen LogP contribution in [-0.4, -0.2) is 34.7 Å². The second-order valence-corrected chi connectivity index (χ2v) is 20.4. The molecule has 2 nitrogen and oxygen atoms in total. The Bertz CT molecular complexity index is 450. The molecule has 1 aromatic rings. The van der Waals surface area contributed by atoms with Crippen molar-refractivity contribution in [3.63, 3.8) is 0 Å². The third-order valence-corrected chi connectivity index (χ3v) is 19.3. The van der Waals surface area contributed by atoms with Crippen molar-refractivity contribution in [2.75, 3.05) is 0 Å². The molecule has 0 heterocycles. The van der Waals surface area contributed by atoms with E-state index in [1.807, 2.05) is 36.4 Å². The number of hydrogen-bond acceptors (Lipinski definition) is 2. The predicted octanol–water partition coefficient (Wildman–Crippen LogP) is 6.03. The zero-order chi connectivity index (χ0) is 18.5. The monoisotopic (exact) mass is 454 g/mol. The molecule has 0 spiro atoms. The summed E-state index contributed by atoms with van der Waals surface area (Å²) in [6.07, 6.45) is 7.99. The Morgan fingerprint density at radius 2 is 1.32 bits per heavy atom. The van der Waals surface area contributed by atoms with E-state index in [9.17, 15) is 10.2 Å². The van der Waals surface area contributed by atoms with Crippen LogP contribution in [0.5, 0.6) is 0 Å². The number of benzene rings is 1. The van der Waals surface area contributed by atoms with Crippen molar-refractivity contribution in [2.24, 2.45) is 0 Å². The van der Waals surface area contributed by atoms with Gasteiger partial charge in [0.15, 0.2) is 0 Å². The molecule has 1 aromatic carbocycles. The second kappa shape index (κ2) is 12.9. The number of unbranched alkanes of at least 4 members (excludes halogenated alkanes) is 3. The summed E-state index contributed by atoms with van der Waals surface area (Å²) >= 11 is -2.38. The zero-order valence-corrected chi connectivity index (χ0v) is 19.3. The van der Waals surface area contributed by atoms with Gasteiger partial charge in [-0.2, -0.15) is 0 Å². The van der Waals surface area contributed by atoms with Gasteiger partial charge in [0.05, 0.1) is 0 Å². The summed E-state index contributed by atoms with van der Waals surface area (Å²) in [7, 11) is 0. The molecule has 0 saturated heterocycles. The molecule has 0 fully saturated rings. The third-order valence-electron chi connectivity index (χ3n) is 5.20. The maximum absolute atomic E-state index is 10.5. The Morgan fingerprint density at radius 3 is 1.76 bits per heavy atom. The van der Waals surface area contributed by atoms with Crippen LogP contribution in [0.2, 0.25) is 13.3 Å². The van der Waals surface area contributed by atoms with Crippen molar-refractivity contribution in [1.29, 1.82) is 0 Å². The van der Waals surface area contributed by atoms with Crippen molar-refractivity contribution in [2.45, 2.75) is 84.8 Å². The van der Waals surface area contributed by atoms with E-state index in [0.29, 0.717) is 0 Å². The SMILES string of the molecule is CCC[CH2][Sn](/[CH]=C/[C@H](O)[C@@H](O)c1ccccc1)([CH2]CCC)[CH2]CCC. The molecule has 2 atom stereocenters. The molecular formula is C22H38O2Sn. The quantitative estimate of drug-likeness (QED) is 0.359. The summed E-state index contributed by atoms with van der Waals surface area (Å²) in [5, 5.41) is 20.9. The molecule has 0 aromatic heterocycles. The van der Waals surface area contributed by atoms with Gasteiger partial charge in [-0.1, -0.05) is 0 Å². The van der Waals surface area contributed by atoms with Gasteiger partial charge >= 0.3 is 159 Å². The van der Waals surface area contributed by atoms with Crippen LogP contribution in [0.4, 0.5) is 0 Å². The fourth-order valence-corrected chi connectivity index (χ4v) is 17.8.